The van der Waals surface area contributed by atoms with Crippen LogP contribution in [0, 0.1) is 12.8 Å². The first-order valence-electron chi connectivity index (χ1n) is 8.92. The van der Waals surface area contributed by atoms with Crippen molar-refractivity contribution in [2.24, 2.45) is 5.92 Å². The van der Waals surface area contributed by atoms with Gasteiger partial charge in [0.05, 0.1) is 6.20 Å². The summed E-state index contributed by atoms with van der Waals surface area (Å²) in [6.45, 7) is 4.40. The Kier molecular flexibility index (Phi) is 5.11. The van der Waals surface area contributed by atoms with Gasteiger partial charge in [-0.3, -0.25) is 9.48 Å². The lowest BCUT2D eigenvalue weighted by molar-refractivity contribution is -0.146. The van der Waals surface area contributed by atoms with Crippen LogP contribution in [0.3, 0.4) is 0 Å². The first-order chi connectivity index (χ1) is 12.4. The van der Waals surface area contributed by atoms with Gasteiger partial charge in [0.2, 0.25) is 0 Å². The Hall–Kier alpha value is -2.64. The predicted molar refractivity (Wildman–Crippen MR) is 92.7 cm³/mol. The van der Waals surface area contributed by atoms with Crippen LogP contribution in [0.2, 0.25) is 0 Å². The molecule has 0 saturated heterocycles. The predicted octanol–water partition coefficient (Wildman–Crippen LogP) is 2.38. The molecule has 3 rings (SSSR count). The number of aryl methyl sites for hydroxylation is 1. The molecule has 26 heavy (non-hydrogen) atoms. The molecule has 0 bridgehead atoms. The van der Waals surface area contributed by atoms with Gasteiger partial charge in [0.25, 0.3) is 5.91 Å². The molecule has 140 valence electrons. The number of carbonyl (C=O) groups is 2. The number of aliphatic carboxylic acids is 1. The van der Waals surface area contributed by atoms with Crippen LogP contribution in [0.25, 0.3) is 0 Å². The highest BCUT2D eigenvalue weighted by Crippen LogP contribution is 2.34. The number of amides is 1. The van der Waals surface area contributed by atoms with Crippen LogP contribution in [0.5, 0.6) is 0 Å². The van der Waals surface area contributed by atoms with Crippen molar-refractivity contribution in [3.8, 4) is 0 Å². The van der Waals surface area contributed by atoms with Gasteiger partial charge in [-0.05, 0) is 44.1 Å². The average molecular weight is 360 g/mol. The Balaban J connectivity index is 1.67. The summed E-state index contributed by atoms with van der Waals surface area (Å²) in [5, 5.41) is 20.3. The van der Waals surface area contributed by atoms with Gasteiger partial charge >= 0.3 is 5.97 Å². The molecule has 2 aromatic heterocycles. The lowest BCUT2D eigenvalue weighted by Gasteiger charge is -2.37. The fourth-order valence-electron chi connectivity index (χ4n) is 3.46. The zero-order valence-corrected chi connectivity index (χ0v) is 15.1. The highest BCUT2D eigenvalue weighted by Gasteiger charge is 2.43. The third-order valence-electron chi connectivity index (χ3n) is 5.17. The summed E-state index contributed by atoms with van der Waals surface area (Å²) in [6, 6.07) is 1.53. The minimum Gasteiger partial charge on any atom is -0.480 e. The molecule has 0 spiro atoms. The van der Waals surface area contributed by atoms with Crippen LogP contribution in [-0.2, 0) is 11.3 Å². The minimum atomic E-state index is -1.22. The van der Waals surface area contributed by atoms with Gasteiger partial charge in [-0.1, -0.05) is 18.5 Å². The Morgan fingerprint density at radius 3 is 2.73 bits per heavy atom. The van der Waals surface area contributed by atoms with Gasteiger partial charge in [0.1, 0.15) is 12.1 Å². The molecule has 2 N–H and O–H groups in total. The van der Waals surface area contributed by atoms with Crippen molar-refractivity contribution in [2.45, 2.75) is 58.0 Å². The van der Waals surface area contributed by atoms with Gasteiger partial charge in [0, 0.05) is 12.3 Å². The molecule has 1 amide bonds. The molecule has 2 aromatic rings. The van der Waals surface area contributed by atoms with E-state index in [1.165, 1.54) is 6.07 Å². The first-order valence-corrected chi connectivity index (χ1v) is 8.92. The Labute approximate surface area is 151 Å². The normalized spacial score (nSPS) is 22.9. The van der Waals surface area contributed by atoms with Crippen molar-refractivity contribution in [1.29, 1.82) is 0 Å². The molecule has 2 heterocycles. The number of hydrogen-bond donors (Lipinski definition) is 2. The molecule has 8 heteroatoms. The molecule has 8 nitrogen and oxygen atoms in total. The monoisotopic (exact) mass is 360 g/mol. The van der Waals surface area contributed by atoms with E-state index in [-0.39, 0.29) is 5.69 Å². The maximum atomic E-state index is 12.5. The van der Waals surface area contributed by atoms with E-state index in [4.69, 9.17) is 4.52 Å². The van der Waals surface area contributed by atoms with Gasteiger partial charge < -0.3 is 14.9 Å². The Morgan fingerprint density at radius 2 is 2.15 bits per heavy atom. The van der Waals surface area contributed by atoms with Crippen LogP contribution in [0.4, 0.5) is 0 Å². The van der Waals surface area contributed by atoms with Crippen molar-refractivity contribution < 1.29 is 19.2 Å². The van der Waals surface area contributed by atoms with Crippen molar-refractivity contribution >= 4 is 11.9 Å². The quantitative estimate of drug-likeness (QED) is 0.818. The standard InChI is InChI=1S/C18H24N4O4/c1-3-13-4-6-18(7-5-13,17(24)25)20-16(23)15-8-14(26-21-15)11-22-10-12(2)9-19-22/h8-10,13H,3-7,11H2,1-2H3,(H,20,23)(H,24,25). The van der Waals surface area contributed by atoms with Crippen LogP contribution in [0.15, 0.2) is 23.0 Å². The fourth-order valence-corrected chi connectivity index (χ4v) is 3.46. The zero-order valence-electron chi connectivity index (χ0n) is 15.1. The van der Waals surface area contributed by atoms with E-state index in [1.54, 1.807) is 10.9 Å². The van der Waals surface area contributed by atoms with Gasteiger partial charge in [-0.25, -0.2) is 4.79 Å². The lowest BCUT2D eigenvalue weighted by atomic mass is 9.75. The van der Waals surface area contributed by atoms with Gasteiger partial charge in [-0.2, -0.15) is 5.10 Å². The molecule has 1 fully saturated rings. The number of rotatable bonds is 6. The number of carboxylic acids is 1. The minimum absolute atomic E-state index is 0.0853. The van der Waals surface area contributed by atoms with Crippen LogP contribution < -0.4 is 5.32 Å². The third kappa shape index (κ3) is 3.79. The highest BCUT2D eigenvalue weighted by molar-refractivity contribution is 5.96. The van der Waals surface area contributed by atoms with Crippen molar-refractivity contribution in [1.82, 2.24) is 20.3 Å². The van der Waals surface area contributed by atoms with Gasteiger partial charge in [-0.15, -0.1) is 0 Å². The molecule has 1 aliphatic carbocycles. The largest absolute Gasteiger partial charge is 0.480 e. The summed E-state index contributed by atoms with van der Waals surface area (Å²) in [4.78, 5) is 24.3. The van der Waals surface area contributed by atoms with Crippen molar-refractivity contribution in [2.75, 3.05) is 0 Å². The van der Waals surface area contributed by atoms with Crippen LogP contribution in [0.1, 0.15) is 60.8 Å². The molecule has 1 saturated carbocycles. The smallest absolute Gasteiger partial charge is 0.329 e. The van der Waals surface area contributed by atoms with Crippen LogP contribution >= 0.6 is 0 Å². The topological polar surface area (TPSA) is 110 Å². The summed E-state index contributed by atoms with van der Waals surface area (Å²) in [5.41, 5.74) is -0.114. The summed E-state index contributed by atoms with van der Waals surface area (Å²) >= 11 is 0. The number of carbonyl (C=O) groups excluding carboxylic acids is 1. The Morgan fingerprint density at radius 1 is 1.42 bits per heavy atom. The molecule has 0 aliphatic heterocycles. The van der Waals surface area contributed by atoms with E-state index in [0.717, 1.165) is 24.8 Å². The molecule has 0 aromatic carbocycles. The van der Waals surface area contributed by atoms with Crippen molar-refractivity contribution in [3.63, 3.8) is 0 Å². The van der Waals surface area contributed by atoms with E-state index in [2.05, 4.69) is 22.5 Å². The second-order valence-corrected chi connectivity index (χ2v) is 7.09. The summed E-state index contributed by atoms with van der Waals surface area (Å²) in [5.74, 6) is -0.502. The summed E-state index contributed by atoms with van der Waals surface area (Å²) < 4.78 is 6.88. The van der Waals surface area contributed by atoms with E-state index >= 15 is 0 Å². The molecular formula is C18H24N4O4. The fraction of sp³-hybridized carbons (Fsp3) is 0.556. The van der Waals surface area contributed by atoms with E-state index in [0.29, 0.717) is 31.1 Å². The molecule has 0 unspecified atom stereocenters. The summed E-state index contributed by atoms with van der Waals surface area (Å²) in [6.07, 6.45) is 7.08. The van der Waals surface area contributed by atoms with Crippen LogP contribution in [-0.4, -0.2) is 37.5 Å². The molecule has 1 aliphatic rings. The van der Waals surface area contributed by atoms with E-state index < -0.39 is 17.4 Å². The third-order valence-corrected chi connectivity index (χ3v) is 5.17. The lowest BCUT2D eigenvalue weighted by Crippen LogP contribution is -2.56. The molecular weight excluding hydrogens is 336 g/mol. The highest BCUT2D eigenvalue weighted by atomic mass is 16.5. The number of nitrogens with zero attached hydrogens (tertiary/aromatic N) is 3. The number of aromatic nitrogens is 3. The summed E-state index contributed by atoms with van der Waals surface area (Å²) in [7, 11) is 0. The maximum Gasteiger partial charge on any atom is 0.329 e. The second kappa shape index (κ2) is 7.31. The van der Waals surface area contributed by atoms with Crippen molar-refractivity contribution in [3.05, 3.63) is 35.5 Å². The number of nitrogens with one attached hydrogen (secondary N) is 1. The van der Waals surface area contributed by atoms with E-state index in [1.807, 2.05) is 13.1 Å². The first kappa shape index (κ1) is 18.2. The SMILES string of the molecule is CCC1CCC(NC(=O)c2cc(Cn3cc(C)cn3)on2)(C(=O)O)CC1. The second-order valence-electron chi connectivity index (χ2n) is 7.09. The molecule has 0 atom stereocenters. The van der Waals surface area contributed by atoms with E-state index in [9.17, 15) is 14.7 Å². The number of carboxylic acid groups (broad SMARTS) is 1. The van der Waals surface area contributed by atoms with Gasteiger partial charge in [0.15, 0.2) is 11.5 Å². The number of hydrogen-bond acceptors (Lipinski definition) is 5. The zero-order chi connectivity index (χ0) is 18.7. The maximum absolute atomic E-state index is 12.5. The Bertz CT molecular complexity index is 787. The average Bonchev–Trinajstić information content (AvgIpc) is 3.25. The molecule has 0 radical (unpaired) electrons.